The highest BCUT2D eigenvalue weighted by Gasteiger charge is 2.19. The number of nitrogens with one attached hydrogen (secondary N) is 1. The highest BCUT2D eigenvalue weighted by molar-refractivity contribution is 5.82. The molecule has 0 aliphatic rings. The van der Waals surface area contributed by atoms with Crippen LogP contribution in [0.15, 0.2) is 66.9 Å². The Balaban J connectivity index is 1.58. The maximum atomic E-state index is 11.7. The predicted molar refractivity (Wildman–Crippen MR) is 122 cm³/mol. The van der Waals surface area contributed by atoms with E-state index in [0.29, 0.717) is 17.3 Å². The number of aliphatic carboxylic acids is 1. The number of nitrogens with zero attached hydrogens (tertiary/aromatic N) is 7. The van der Waals surface area contributed by atoms with E-state index in [0.717, 1.165) is 34.5 Å². The minimum Gasteiger partial charge on any atom is -0.480 e. The minimum atomic E-state index is -0.947. The quantitative estimate of drug-likeness (QED) is 0.395. The summed E-state index contributed by atoms with van der Waals surface area (Å²) in [5.41, 5.74) is 5.04. The van der Waals surface area contributed by atoms with E-state index in [1.54, 1.807) is 21.7 Å². The van der Waals surface area contributed by atoms with E-state index in [9.17, 15) is 9.90 Å². The molecule has 0 atom stereocenters. The molecule has 0 saturated heterocycles. The number of carboxylic acids is 1. The molecule has 3 heterocycles. The summed E-state index contributed by atoms with van der Waals surface area (Å²) < 4.78 is 1.65. The number of hydrogen-bond acceptors (Lipinski definition) is 7. The number of fused-ring (bicyclic) bond motifs is 1. The zero-order chi connectivity index (χ0) is 22.8. The van der Waals surface area contributed by atoms with Crippen molar-refractivity contribution in [2.24, 2.45) is 0 Å². The van der Waals surface area contributed by atoms with Crippen molar-refractivity contribution in [2.75, 3.05) is 11.4 Å². The van der Waals surface area contributed by atoms with E-state index < -0.39 is 5.97 Å². The van der Waals surface area contributed by atoms with Gasteiger partial charge in [-0.15, -0.1) is 5.10 Å². The molecular formula is C23H20N8O2. The summed E-state index contributed by atoms with van der Waals surface area (Å²) in [4.78, 5) is 18.0. The molecule has 0 unspecified atom stereocenters. The van der Waals surface area contributed by atoms with Crippen molar-refractivity contribution in [2.45, 2.75) is 13.3 Å². The van der Waals surface area contributed by atoms with Gasteiger partial charge in [0.2, 0.25) is 0 Å². The summed E-state index contributed by atoms with van der Waals surface area (Å²) in [6.07, 6.45) is 2.38. The minimum absolute atomic E-state index is 0.220. The van der Waals surface area contributed by atoms with Crippen molar-refractivity contribution in [1.82, 2.24) is 35.2 Å². The van der Waals surface area contributed by atoms with E-state index in [-0.39, 0.29) is 6.54 Å². The second kappa shape index (κ2) is 8.50. The number of aryl methyl sites for hydroxylation is 1. The Morgan fingerprint density at radius 1 is 1.09 bits per heavy atom. The molecule has 0 amide bonds. The standard InChI is InChI=1S/C23H20N8O2/c1-2-16-13-21(31-20(25-16)11-12-24-31)30(14-22(32)33)17-9-7-15(8-10-17)18-5-3-4-6-19(18)23-26-28-29-27-23/h3-13H,2,14H2,1H3,(H,32,33)(H,26,27,28,29). The molecule has 5 rings (SSSR count). The largest absolute Gasteiger partial charge is 0.480 e. The number of aromatic nitrogens is 7. The van der Waals surface area contributed by atoms with Gasteiger partial charge in [0.05, 0.1) is 6.20 Å². The average molecular weight is 440 g/mol. The van der Waals surface area contributed by atoms with Crippen LogP contribution < -0.4 is 4.90 Å². The normalized spacial score (nSPS) is 11.1. The van der Waals surface area contributed by atoms with Crippen molar-refractivity contribution in [3.8, 4) is 22.5 Å². The van der Waals surface area contributed by atoms with Crippen LogP contribution in [0, 0.1) is 0 Å². The van der Waals surface area contributed by atoms with Crippen LogP contribution in [0.2, 0.25) is 0 Å². The molecule has 0 spiro atoms. The van der Waals surface area contributed by atoms with E-state index in [1.165, 1.54) is 0 Å². The molecule has 2 aromatic carbocycles. The summed E-state index contributed by atoms with van der Waals surface area (Å²) in [6, 6.07) is 19.2. The summed E-state index contributed by atoms with van der Waals surface area (Å²) >= 11 is 0. The Bertz CT molecular complexity index is 1410. The SMILES string of the molecule is CCc1cc(N(CC(=O)O)c2ccc(-c3ccccc3-c3nnn[nH]3)cc2)n2nccc2n1. The lowest BCUT2D eigenvalue weighted by Crippen LogP contribution is -2.27. The highest BCUT2D eigenvalue weighted by Crippen LogP contribution is 2.33. The van der Waals surface area contributed by atoms with Crippen molar-refractivity contribution in [3.63, 3.8) is 0 Å². The topological polar surface area (TPSA) is 125 Å². The van der Waals surface area contributed by atoms with Gasteiger partial charge in [-0.3, -0.25) is 4.79 Å². The molecule has 10 nitrogen and oxygen atoms in total. The van der Waals surface area contributed by atoms with Crippen LogP contribution in [0.1, 0.15) is 12.6 Å². The number of rotatable bonds is 7. The first-order chi connectivity index (χ1) is 16.1. The van der Waals surface area contributed by atoms with Crippen LogP contribution in [0.3, 0.4) is 0 Å². The van der Waals surface area contributed by atoms with Gasteiger partial charge in [-0.1, -0.05) is 43.3 Å². The molecule has 164 valence electrons. The van der Waals surface area contributed by atoms with E-state index in [2.05, 4.69) is 30.7 Å². The van der Waals surface area contributed by atoms with Gasteiger partial charge in [0.15, 0.2) is 11.5 Å². The zero-order valence-electron chi connectivity index (χ0n) is 17.8. The van der Waals surface area contributed by atoms with Crippen LogP contribution in [0.4, 0.5) is 11.5 Å². The maximum absolute atomic E-state index is 11.7. The molecule has 5 aromatic rings. The Morgan fingerprint density at radius 3 is 2.58 bits per heavy atom. The van der Waals surface area contributed by atoms with Gasteiger partial charge in [-0.2, -0.15) is 9.61 Å². The van der Waals surface area contributed by atoms with Gasteiger partial charge in [-0.25, -0.2) is 10.1 Å². The molecule has 0 aliphatic heterocycles. The average Bonchev–Trinajstić information content (AvgIpc) is 3.54. The highest BCUT2D eigenvalue weighted by atomic mass is 16.4. The number of carbonyl (C=O) groups is 1. The van der Waals surface area contributed by atoms with Gasteiger partial charge in [0.1, 0.15) is 12.4 Å². The van der Waals surface area contributed by atoms with Crippen molar-refractivity contribution in [1.29, 1.82) is 0 Å². The maximum Gasteiger partial charge on any atom is 0.323 e. The lowest BCUT2D eigenvalue weighted by molar-refractivity contribution is -0.135. The number of hydrogen-bond donors (Lipinski definition) is 2. The van der Waals surface area contributed by atoms with Crippen LogP contribution in [0.25, 0.3) is 28.2 Å². The molecule has 0 saturated carbocycles. The number of carboxylic acid groups (broad SMARTS) is 1. The molecule has 10 heteroatoms. The zero-order valence-corrected chi connectivity index (χ0v) is 17.8. The lowest BCUT2D eigenvalue weighted by Gasteiger charge is -2.24. The third kappa shape index (κ3) is 3.89. The van der Waals surface area contributed by atoms with Crippen molar-refractivity contribution in [3.05, 3.63) is 72.6 Å². The van der Waals surface area contributed by atoms with Crippen LogP contribution in [-0.4, -0.2) is 52.8 Å². The first-order valence-corrected chi connectivity index (χ1v) is 10.4. The molecule has 33 heavy (non-hydrogen) atoms. The molecule has 0 aliphatic carbocycles. The Kier molecular flexibility index (Phi) is 5.23. The van der Waals surface area contributed by atoms with Crippen LogP contribution in [0.5, 0.6) is 0 Å². The second-order valence-electron chi connectivity index (χ2n) is 7.38. The molecule has 0 fully saturated rings. The third-order valence-corrected chi connectivity index (χ3v) is 5.34. The Morgan fingerprint density at radius 2 is 1.88 bits per heavy atom. The van der Waals surface area contributed by atoms with Gasteiger partial charge < -0.3 is 10.0 Å². The van der Waals surface area contributed by atoms with E-state index in [1.807, 2.05) is 61.5 Å². The van der Waals surface area contributed by atoms with Gasteiger partial charge >= 0.3 is 5.97 Å². The number of tetrazole rings is 1. The second-order valence-corrected chi connectivity index (χ2v) is 7.38. The Labute approximate surface area is 188 Å². The summed E-state index contributed by atoms with van der Waals surface area (Å²) in [5.74, 6) is 0.273. The number of anilines is 2. The number of H-pyrrole nitrogens is 1. The fraction of sp³-hybridized carbons (Fsp3) is 0.130. The third-order valence-electron chi connectivity index (χ3n) is 5.34. The molecule has 3 aromatic heterocycles. The fourth-order valence-electron chi connectivity index (χ4n) is 3.80. The summed E-state index contributed by atoms with van der Waals surface area (Å²) in [7, 11) is 0. The van der Waals surface area contributed by atoms with Crippen LogP contribution in [-0.2, 0) is 11.2 Å². The molecule has 0 radical (unpaired) electrons. The summed E-state index contributed by atoms with van der Waals surface area (Å²) in [5, 5.41) is 28.1. The monoisotopic (exact) mass is 440 g/mol. The number of aromatic amines is 1. The molecule has 2 N–H and O–H groups in total. The lowest BCUT2D eigenvalue weighted by atomic mass is 9.99. The van der Waals surface area contributed by atoms with Gasteiger partial charge in [0, 0.05) is 29.1 Å². The first-order valence-electron chi connectivity index (χ1n) is 10.4. The Hall–Kier alpha value is -4.60. The smallest absolute Gasteiger partial charge is 0.323 e. The van der Waals surface area contributed by atoms with Gasteiger partial charge in [-0.05, 0) is 40.1 Å². The predicted octanol–water partition coefficient (Wildman–Crippen LogP) is 3.36. The molecule has 0 bridgehead atoms. The summed E-state index contributed by atoms with van der Waals surface area (Å²) in [6.45, 7) is 1.79. The first kappa shape index (κ1) is 20.3. The van der Waals surface area contributed by atoms with Crippen molar-refractivity contribution >= 4 is 23.1 Å². The van der Waals surface area contributed by atoms with E-state index in [4.69, 9.17) is 0 Å². The number of benzene rings is 2. The fourth-order valence-corrected chi connectivity index (χ4v) is 3.80. The van der Waals surface area contributed by atoms with Crippen LogP contribution >= 0.6 is 0 Å². The van der Waals surface area contributed by atoms with Crippen molar-refractivity contribution < 1.29 is 9.90 Å². The van der Waals surface area contributed by atoms with E-state index >= 15 is 0 Å². The molecular weight excluding hydrogens is 420 g/mol. The van der Waals surface area contributed by atoms with Gasteiger partial charge in [0.25, 0.3) is 0 Å².